The van der Waals surface area contributed by atoms with Crippen LogP contribution in [-0.4, -0.2) is 11.7 Å². The number of fused-ring (bicyclic) bond motifs is 1. The molecule has 0 bridgehead atoms. The zero-order chi connectivity index (χ0) is 21.6. The van der Waals surface area contributed by atoms with Gasteiger partial charge in [-0.1, -0.05) is 60.7 Å². The summed E-state index contributed by atoms with van der Waals surface area (Å²) in [6.45, 7) is 1.96. The van der Waals surface area contributed by atoms with E-state index in [-0.39, 0.29) is 11.4 Å². The predicted octanol–water partition coefficient (Wildman–Crippen LogP) is 4.98. The Hall–Kier alpha value is -4.39. The van der Waals surface area contributed by atoms with Crippen LogP contribution in [0, 0.1) is 6.92 Å². The second-order valence-electron chi connectivity index (χ2n) is 6.77. The quantitative estimate of drug-likeness (QED) is 0.169. The first-order chi connectivity index (χ1) is 15.1. The standard InChI is InChI=1S/C24H18N4O3/c1-16-8-7-12-19(14-16)25-26-22(17-9-3-2-4-10-17)27-28-23(29)20-15-18-11-5-6-13-21(18)31-24(20)30/h2-15H,1H3,(H,28,29)/b26-25?,27-22-. The maximum Gasteiger partial charge on any atom is 0.349 e. The highest BCUT2D eigenvalue weighted by Crippen LogP contribution is 2.15. The largest absolute Gasteiger partial charge is 0.422 e. The smallest absolute Gasteiger partial charge is 0.349 e. The molecule has 0 fully saturated rings. The molecule has 0 aliphatic carbocycles. The molecule has 4 aromatic rings. The van der Waals surface area contributed by atoms with Crippen molar-refractivity contribution in [3.8, 4) is 0 Å². The maximum atomic E-state index is 12.6. The second kappa shape index (κ2) is 8.96. The molecular formula is C24H18N4O3. The van der Waals surface area contributed by atoms with Crippen LogP contribution in [0.1, 0.15) is 21.5 Å². The molecule has 3 aromatic carbocycles. The lowest BCUT2D eigenvalue weighted by Gasteiger charge is -2.03. The molecule has 7 heteroatoms. The third-order valence-corrected chi connectivity index (χ3v) is 4.44. The number of rotatable bonds is 4. The Morgan fingerprint density at radius 2 is 1.68 bits per heavy atom. The van der Waals surface area contributed by atoms with Gasteiger partial charge in [-0.3, -0.25) is 4.79 Å². The van der Waals surface area contributed by atoms with E-state index in [1.165, 1.54) is 6.07 Å². The lowest BCUT2D eigenvalue weighted by Crippen LogP contribution is -2.25. The summed E-state index contributed by atoms with van der Waals surface area (Å²) < 4.78 is 5.22. The van der Waals surface area contributed by atoms with Gasteiger partial charge in [0.05, 0.1) is 5.69 Å². The molecular weight excluding hydrogens is 392 g/mol. The number of azo groups is 1. The van der Waals surface area contributed by atoms with E-state index >= 15 is 0 Å². The van der Waals surface area contributed by atoms with Crippen molar-refractivity contribution in [2.75, 3.05) is 0 Å². The first-order valence-corrected chi connectivity index (χ1v) is 9.55. The number of nitrogens with one attached hydrogen (secondary N) is 1. The lowest BCUT2D eigenvalue weighted by molar-refractivity contribution is 0.0951. The molecule has 0 atom stereocenters. The average molecular weight is 410 g/mol. The van der Waals surface area contributed by atoms with Crippen LogP contribution in [0.25, 0.3) is 11.0 Å². The van der Waals surface area contributed by atoms with Gasteiger partial charge in [-0.05, 0) is 36.8 Å². The first kappa shape index (κ1) is 19.9. The third-order valence-electron chi connectivity index (χ3n) is 4.44. The molecule has 1 N–H and O–H groups in total. The van der Waals surface area contributed by atoms with Crippen molar-refractivity contribution in [3.63, 3.8) is 0 Å². The normalized spacial score (nSPS) is 11.7. The lowest BCUT2D eigenvalue weighted by atomic mass is 10.2. The van der Waals surface area contributed by atoms with Crippen LogP contribution >= 0.6 is 0 Å². The molecule has 0 saturated carbocycles. The van der Waals surface area contributed by atoms with Gasteiger partial charge in [-0.15, -0.1) is 15.3 Å². The summed E-state index contributed by atoms with van der Waals surface area (Å²) in [5, 5.41) is 13.2. The number of hydrogen-bond donors (Lipinski definition) is 1. The molecule has 7 nitrogen and oxygen atoms in total. The fraction of sp³-hybridized carbons (Fsp3) is 0.0417. The molecule has 0 unspecified atom stereocenters. The molecule has 0 aliphatic heterocycles. The zero-order valence-corrected chi connectivity index (χ0v) is 16.6. The number of carbonyl (C=O) groups is 1. The van der Waals surface area contributed by atoms with E-state index < -0.39 is 11.5 Å². The van der Waals surface area contributed by atoms with Gasteiger partial charge in [0.2, 0.25) is 5.84 Å². The van der Waals surface area contributed by atoms with Crippen molar-refractivity contribution in [1.29, 1.82) is 0 Å². The number of para-hydroxylation sites is 1. The fourth-order valence-corrected chi connectivity index (χ4v) is 2.91. The summed E-state index contributed by atoms with van der Waals surface area (Å²) >= 11 is 0. The number of carbonyl (C=O) groups excluding carboxylic acids is 1. The topological polar surface area (TPSA) is 96.4 Å². The summed E-state index contributed by atoms with van der Waals surface area (Å²) in [5.74, 6) is -0.501. The van der Waals surface area contributed by atoms with Gasteiger partial charge in [0.15, 0.2) is 0 Å². The minimum atomic E-state index is -0.742. The molecule has 0 aliphatic rings. The Bertz CT molecular complexity index is 1360. The molecule has 0 saturated heterocycles. The third kappa shape index (κ3) is 4.79. The van der Waals surface area contributed by atoms with Crippen LogP contribution < -0.4 is 11.1 Å². The number of hydrazone groups is 1. The molecule has 0 radical (unpaired) electrons. The molecule has 31 heavy (non-hydrogen) atoms. The van der Waals surface area contributed by atoms with E-state index in [0.29, 0.717) is 22.2 Å². The number of aryl methyl sites for hydroxylation is 1. The van der Waals surface area contributed by atoms with E-state index in [2.05, 4.69) is 20.8 Å². The second-order valence-corrected chi connectivity index (χ2v) is 6.77. The number of amides is 1. The van der Waals surface area contributed by atoms with Gasteiger partial charge in [0.25, 0.3) is 5.91 Å². The Morgan fingerprint density at radius 1 is 0.903 bits per heavy atom. The summed E-state index contributed by atoms with van der Waals surface area (Å²) in [4.78, 5) is 24.8. The van der Waals surface area contributed by atoms with Crippen molar-refractivity contribution in [2.24, 2.45) is 15.3 Å². The summed E-state index contributed by atoms with van der Waals surface area (Å²) in [7, 11) is 0. The fourth-order valence-electron chi connectivity index (χ4n) is 2.91. The van der Waals surface area contributed by atoms with Gasteiger partial charge < -0.3 is 4.42 Å². The van der Waals surface area contributed by atoms with Gasteiger partial charge in [0.1, 0.15) is 11.1 Å². The van der Waals surface area contributed by atoms with Crippen LogP contribution in [0.5, 0.6) is 0 Å². The van der Waals surface area contributed by atoms with Gasteiger partial charge in [0, 0.05) is 10.9 Å². The Balaban J connectivity index is 1.64. The van der Waals surface area contributed by atoms with Crippen LogP contribution in [0.15, 0.2) is 109 Å². The molecule has 1 aromatic heterocycles. The van der Waals surface area contributed by atoms with E-state index in [4.69, 9.17) is 4.42 Å². The molecule has 1 amide bonds. The number of benzene rings is 3. The van der Waals surface area contributed by atoms with E-state index in [1.807, 2.05) is 49.4 Å². The van der Waals surface area contributed by atoms with E-state index in [9.17, 15) is 9.59 Å². The predicted molar refractivity (Wildman–Crippen MR) is 119 cm³/mol. The highest BCUT2D eigenvalue weighted by Gasteiger charge is 2.14. The molecule has 0 spiro atoms. The number of nitrogens with zero attached hydrogens (tertiary/aromatic N) is 3. The first-order valence-electron chi connectivity index (χ1n) is 9.55. The van der Waals surface area contributed by atoms with Crippen LogP contribution in [0.2, 0.25) is 0 Å². The molecule has 1 heterocycles. The Labute approximate surface area is 177 Å². The van der Waals surface area contributed by atoms with Crippen LogP contribution in [-0.2, 0) is 0 Å². The van der Waals surface area contributed by atoms with Crippen LogP contribution in [0.3, 0.4) is 0 Å². The van der Waals surface area contributed by atoms with Crippen molar-refractivity contribution in [2.45, 2.75) is 6.92 Å². The van der Waals surface area contributed by atoms with Crippen molar-refractivity contribution >= 4 is 28.4 Å². The van der Waals surface area contributed by atoms with Gasteiger partial charge in [-0.25, -0.2) is 10.2 Å². The van der Waals surface area contributed by atoms with Gasteiger partial charge >= 0.3 is 5.63 Å². The summed E-state index contributed by atoms with van der Waals surface area (Å²) in [6.07, 6.45) is 0. The van der Waals surface area contributed by atoms with Crippen molar-refractivity contribution in [3.05, 3.63) is 112 Å². The molecule has 152 valence electrons. The Kier molecular flexibility index (Phi) is 5.75. The van der Waals surface area contributed by atoms with E-state index in [0.717, 1.165) is 5.56 Å². The summed E-state index contributed by atoms with van der Waals surface area (Å²) in [5.41, 5.74) is 4.27. The minimum absolute atomic E-state index is 0.148. The van der Waals surface area contributed by atoms with E-state index in [1.54, 1.807) is 36.4 Å². The highest BCUT2D eigenvalue weighted by atomic mass is 16.4. The number of amidine groups is 1. The van der Waals surface area contributed by atoms with Crippen molar-refractivity contribution in [1.82, 2.24) is 5.43 Å². The SMILES string of the molecule is Cc1cccc(N=N/C(=N\NC(=O)c2cc3ccccc3oc2=O)c2ccccc2)c1. The Morgan fingerprint density at radius 3 is 2.48 bits per heavy atom. The van der Waals surface area contributed by atoms with Gasteiger partial charge in [-0.2, -0.15) is 0 Å². The number of hydrogen-bond acceptors (Lipinski definition) is 5. The average Bonchev–Trinajstić information content (AvgIpc) is 2.79. The van der Waals surface area contributed by atoms with Crippen molar-refractivity contribution < 1.29 is 9.21 Å². The highest BCUT2D eigenvalue weighted by molar-refractivity contribution is 6.01. The minimum Gasteiger partial charge on any atom is -0.422 e. The maximum absolute atomic E-state index is 12.6. The zero-order valence-electron chi connectivity index (χ0n) is 16.6. The van der Waals surface area contributed by atoms with Crippen LogP contribution in [0.4, 0.5) is 5.69 Å². The summed E-state index contributed by atoms with van der Waals surface area (Å²) in [6, 6.07) is 25.1. The molecule has 4 rings (SSSR count). The monoisotopic (exact) mass is 410 g/mol.